The van der Waals surface area contributed by atoms with Crippen LogP contribution in [-0.2, 0) is 11.3 Å². The Labute approximate surface area is 205 Å². The molecular formula is C24H21ClN6O2S. The minimum atomic E-state index is -0.310. The molecule has 0 aliphatic rings. The molecule has 4 rings (SSSR count). The van der Waals surface area contributed by atoms with Crippen molar-refractivity contribution in [3.05, 3.63) is 95.0 Å². The van der Waals surface area contributed by atoms with Crippen LogP contribution in [0.3, 0.4) is 0 Å². The topological polar surface area (TPSA) is 115 Å². The maximum absolute atomic E-state index is 12.7. The van der Waals surface area contributed by atoms with Crippen LogP contribution in [0.1, 0.15) is 15.9 Å². The lowest BCUT2D eigenvalue weighted by atomic mass is 10.1. The largest absolute Gasteiger partial charge is 0.348 e. The monoisotopic (exact) mass is 492 g/mol. The number of benzene rings is 3. The highest BCUT2D eigenvalue weighted by Gasteiger charge is 2.17. The standard InChI is InChI=1S/C24H21ClN6O2S/c25-19-12-6-4-10-17(19)22-29-30-24(31(22)26)34-15-21(32)28-20-13-7-5-11-18(20)23(33)27-14-16-8-2-1-3-9-16/h1-13H,14-15,26H2,(H,27,33)(H,28,32). The molecule has 1 aromatic heterocycles. The van der Waals surface area contributed by atoms with Crippen molar-refractivity contribution in [3.8, 4) is 11.4 Å². The van der Waals surface area contributed by atoms with Crippen LogP contribution in [0.5, 0.6) is 0 Å². The van der Waals surface area contributed by atoms with E-state index in [1.165, 1.54) is 4.68 Å². The van der Waals surface area contributed by atoms with E-state index in [0.29, 0.717) is 39.4 Å². The van der Waals surface area contributed by atoms with Gasteiger partial charge < -0.3 is 16.5 Å². The van der Waals surface area contributed by atoms with Crippen molar-refractivity contribution in [2.75, 3.05) is 16.9 Å². The summed E-state index contributed by atoms with van der Waals surface area (Å²) in [4.78, 5) is 25.3. The Balaban J connectivity index is 1.38. The summed E-state index contributed by atoms with van der Waals surface area (Å²) in [5.41, 5.74) is 2.42. The molecule has 4 N–H and O–H groups in total. The van der Waals surface area contributed by atoms with Crippen LogP contribution in [0.15, 0.2) is 84.0 Å². The van der Waals surface area contributed by atoms with Gasteiger partial charge in [0.15, 0.2) is 5.82 Å². The summed E-state index contributed by atoms with van der Waals surface area (Å²) in [7, 11) is 0. The van der Waals surface area contributed by atoms with Crippen LogP contribution < -0.4 is 16.5 Å². The molecule has 2 amide bonds. The molecule has 8 nitrogen and oxygen atoms in total. The number of anilines is 1. The number of carbonyl (C=O) groups excluding carboxylic acids is 2. The molecule has 1 heterocycles. The van der Waals surface area contributed by atoms with Gasteiger partial charge in [0.25, 0.3) is 5.91 Å². The highest BCUT2D eigenvalue weighted by molar-refractivity contribution is 7.99. The van der Waals surface area contributed by atoms with Crippen LogP contribution in [0, 0.1) is 0 Å². The first-order valence-corrected chi connectivity index (χ1v) is 11.7. The first-order valence-electron chi connectivity index (χ1n) is 10.3. The number of nitrogens with two attached hydrogens (primary N) is 1. The molecule has 0 radical (unpaired) electrons. The minimum Gasteiger partial charge on any atom is -0.348 e. The van der Waals surface area contributed by atoms with E-state index in [-0.39, 0.29) is 17.6 Å². The number of nitrogens with zero attached hydrogens (tertiary/aromatic N) is 3. The molecule has 0 bridgehead atoms. The molecule has 34 heavy (non-hydrogen) atoms. The van der Waals surface area contributed by atoms with Crippen LogP contribution in [-0.4, -0.2) is 32.4 Å². The summed E-state index contributed by atoms with van der Waals surface area (Å²) in [5.74, 6) is 5.95. The summed E-state index contributed by atoms with van der Waals surface area (Å²) >= 11 is 7.34. The van der Waals surface area contributed by atoms with Gasteiger partial charge in [0.1, 0.15) is 0 Å². The number of hydrogen-bond donors (Lipinski definition) is 3. The Morgan fingerprint density at radius 1 is 0.941 bits per heavy atom. The first kappa shape index (κ1) is 23.3. The molecule has 3 aromatic carbocycles. The number of nitrogens with one attached hydrogen (secondary N) is 2. The Kier molecular flexibility index (Phi) is 7.46. The third-order valence-electron chi connectivity index (χ3n) is 4.85. The van der Waals surface area contributed by atoms with E-state index in [2.05, 4.69) is 20.8 Å². The molecule has 0 aliphatic heterocycles. The van der Waals surface area contributed by atoms with Crippen molar-refractivity contribution in [2.45, 2.75) is 11.7 Å². The van der Waals surface area contributed by atoms with Gasteiger partial charge in [-0.25, -0.2) is 4.68 Å². The van der Waals surface area contributed by atoms with E-state index in [1.54, 1.807) is 36.4 Å². The van der Waals surface area contributed by atoms with E-state index in [4.69, 9.17) is 17.4 Å². The smallest absolute Gasteiger partial charge is 0.253 e. The van der Waals surface area contributed by atoms with Gasteiger partial charge >= 0.3 is 0 Å². The zero-order valence-corrected chi connectivity index (χ0v) is 19.5. The Hall–Kier alpha value is -3.82. The van der Waals surface area contributed by atoms with Gasteiger partial charge in [0.2, 0.25) is 11.1 Å². The highest BCUT2D eigenvalue weighted by atomic mass is 35.5. The number of amides is 2. The summed E-state index contributed by atoms with van der Waals surface area (Å²) < 4.78 is 1.30. The molecule has 0 saturated carbocycles. The number of nitrogen functional groups attached to an aromatic ring is 1. The van der Waals surface area contributed by atoms with Crippen molar-refractivity contribution < 1.29 is 9.59 Å². The number of para-hydroxylation sites is 1. The molecule has 0 saturated heterocycles. The van der Waals surface area contributed by atoms with Crippen molar-refractivity contribution in [2.24, 2.45) is 0 Å². The fourth-order valence-electron chi connectivity index (χ4n) is 3.18. The van der Waals surface area contributed by atoms with Crippen molar-refractivity contribution >= 4 is 40.9 Å². The Morgan fingerprint density at radius 2 is 1.65 bits per heavy atom. The SMILES string of the molecule is Nn1c(SCC(=O)Nc2ccccc2C(=O)NCc2ccccc2)nnc1-c1ccccc1Cl. The van der Waals surface area contributed by atoms with Gasteiger partial charge in [-0.3, -0.25) is 9.59 Å². The lowest BCUT2D eigenvalue weighted by Gasteiger charge is -2.11. The average Bonchev–Trinajstić information content (AvgIpc) is 3.22. The molecular weight excluding hydrogens is 472 g/mol. The zero-order chi connectivity index (χ0) is 23.9. The van der Waals surface area contributed by atoms with Crippen LogP contribution >= 0.6 is 23.4 Å². The summed E-state index contributed by atoms with van der Waals surface area (Å²) in [6, 6.07) is 23.6. The van der Waals surface area contributed by atoms with Crippen molar-refractivity contribution in [1.82, 2.24) is 20.2 Å². The number of halogens is 1. The molecule has 0 atom stereocenters. The van der Waals surface area contributed by atoms with E-state index in [1.807, 2.05) is 42.5 Å². The lowest BCUT2D eigenvalue weighted by molar-refractivity contribution is -0.113. The van der Waals surface area contributed by atoms with E-state index in [9.17, 15) is 9.59 Å². The molecule has 0 unspecified atom stereocenters. The maximum Gasteiger partial charge on any atom is 0.253 e. The van der Waals surface area contributed by atoms with Gasteiger partial charge in [-0.1, -0.05) is 78.0 Å². The van der Waals surface area contributed by atoms with Gasteiger partial charge in [-0.05, 0) is 29.8 Å². The van der Waals surface area contributed by atoms with Gasteiger partial charge in [0.05, 0.1) is 22.0 Å². The number of hydrogen-bond acceptors (Lipinski definition) is 6. The summed E-state index contributed by atoms with van der Waals surface area (Å²) in [5, 5.41) is 14.7. The highest BCUT2D eigenvalue weighted by Crippen LogP contribution is 2.27. The number of carbonyl (C=O) groups is 2. The van der Waals surface area contributed by atoms with E-state index < -0.39 is 0 Å². The second-order valence-electron chi connectivity index (χ2n) is 7.21. The minimum absolute atomic E-state index is 0.0256. The fraction of sp³-hybridized carbons (Fsp3) is 0.0833. The van der Waals surface area contributed by atoms with Gasteiger partial charge in [-0.2, -0.15) is 0 Å². The summed E-state index contributed by atoms with van der Waals surface area (Å²) in [6.07, 6.45) is 0. The van der Waals surface area contributed by atoms with E-state index >= 15 is 0 Å². The zero-order valence-electron chi connectivity index (χ0n) is 17.9. The van der Waals surface area contributed by atoms with Gasteiger partial charge in [-0.15, -0.1) is 10.2 Å². The average molecular weight is 493 g/mol. The first-order chi connectivity index (χ1) is 16.5. The van der Waals surface area contributed by atoms with Crippen LogP contribution in [0.4, 0.5) is 5.69 Å². The molecule has 172 valence electrons. The quantitative estimate of drug-likeness (QED) is 0.253. The van der Waals surface area contributed by atoms with Crippen LogP contribution in [0.25, 0.3) is 11.4 Å². The van der Waals surface area contributed by atoms with Crippen LogP contribution in [0.2, 0.25) is 5.02 Å². The normalized spacial score (nSPS) is 10.6. The van der Waals surface area contributed by atoms with E-state index in [0.717, 1.165) is 17.3 Å². The Bertz CT molecular complexity index is 1310. The summed E-state index contributed by atoms with van der Waals surface area (Å²) in [6.45, 7) is 0.387. The maximum atomic E-state index is 12.7. The molecule has 0 aliphatic carbocycles. The predicted molar refractivity (Wildman–Crippen MR) is 134 cm³/mol. The van der Waals surface area contributed by atoms with Gasteiger partial charge in [0, 0.05) is 12.1 Å². The second kappa shape index (κ2) is 10.9. The number of rotatable bonds is 8. The molecule has 0 spiro atoms. The predicted octanol–water partition coefficient (Wildman–Crippen LogP) is 3.97. The third kappa shape index (κ3) is 5.56. The molecule has 10 heteroatoms. The molecule has 0 fully saturated rings. The number of thioether (sulfide) groups is 1. The fourth-order valence-corrected chi connectivity index (χ4v) is 4.06. The lowest BCUT2D eigenvalue weighted by Crippen LogP contribution is -2.25. The second-order valence-corrected chi connectivity index (χ2v) is 8.56. The van der Waals surface area contributed by atoms with Crippen molar-refractivity contribution in [3.63, 3.8) is 0 Å². The Morgan fingerprint density at radius 3 is 2.44 bits per heavy atom. The molecule has 4 aromatic rings. The number of aromatic nitrogens is 3. The third-order valence-corrected chi connectivity index (χ3v) is 6.13. The van der Waals surface area contributed by atoms with Crippen molar-refractivity contribution in [1.29, 1.82) is 0 Å².